The molecule has 1 unspecified atom stereocenters. The Morgan fingerprint density at radius 1 is 1.50 bits per heavy atom. The first-order chi connectivity index (χ1) is 7.75. The molecule has 1 fully saturated rings. The Bertz CT molecular complexity index is 526. The number of hydrogen-bond acceptors (Lipinski definition) is 2. The Labute approximate surface area is 103 Å². The Balaban J connectivity index is 2.14. The molecule has 2 aromatic rings. The molecule has 2 heterocycles. The maximum absolute atomic E-state index is 4.73. The van der Waals surface area contributed by atoms with Gasteiger partial charge in [-0.1, -0.05) is 15.9 Å². The maximum atomic E-state index is 4.73. The Kier molecular flexibility index (Phi) is 2.48. The predicted molar refractivity (Wildman–Crippen MR) is 68.4 cm³/mol. The van der Waals surface area contributed by atoms with Gasteiger partial charge in [-0.15, -0.1) is 0 Å². The van der Waals surface area contributed by atoms with Gasteiger partial charge in [-0.05, 0) is 37.6 Å². The molecule has 3 rings (SSSR count). The summed E-state index contributed by atoms with van der Waals surface area (Å²) in [6.07, 6.45) is 2.44. The van der Waals surface area contributed by atoms with Crippen molar-refractivity contribution in [1.29, 1.82) is 0 Å². The molecule has 1 aliphatic heterocycles. The zero-order chi connectivity index (χ0) is 11.1. The van der Waals surface area contributed by atoms with Crippen molar-refractivity contribution in [3.63, 3.8) is 0 Å². The minimum Gasteiger partial charge on any atom is -0.330 e. The number of nitrogens with one attached hydrogen (secondary N) is 1. The van der Waals surface area contributed by atoms with E-state index in [1.165, 1.54) is 18.4 Å². The number of benzene rings is 1. The Morgan fingerprint density at radius 3 is 3.12 bits per heavy atom. The zero-order valence-corrected chi connectivity index (χ0v) is 10.8. The zero-order valence-electron chi connectivity index (χ0n) is 9.20. The number of imidazole rings is 1. The van der Waals surface area contributed by atoms with E-state index in [0.29, 0.717) is 6.04 Å². The number of hydrogen-bond donors (Lipinski definition) is 1. The average molecular weight is 280 g/mol. The van der Waals surface area contributed by atoms with Crippen molar-refractivity contribution in [3.8, 4) is 0 Å². The SMILES string of the molecule is Cn1c(C2CCCN2)nc2cc(Br)ccc21. The van der Waals surface area contributed by atoms with Gasteiger partial charge >= 0.3 is 0 Å². The molecule has 0 radical (unpaired) electrons. The van der Waals surface area contributed by atoms with E-state index in [9.17, 15) is 0 Å². The van der Waals surface area contributed by atoms with E-state index in [-0.39, 0.29) is 0 Å². The van der Waals surface area contributed by atoms with Crippen LogP contribution in [0.4, 0.5) is 0 Å². The van der Waals surface area contributed by atoms with Gasteiger partial charge in [0.15, 0.2) is 0 Å². The number of fused-ring (bicyclic) bond motifs is 1. The summed E-state index contributed by atoms with van der Waals surface area (Å²) in [5.41, 5.74) is 2.27. The van der Waals surface area contributed by atoms with Gasteiger partial charge in [-0.2, -0.15) is 0 Å². The third-order valence-electron chi connectivity index (χ3n) is 3.25. The first-order valence-corrected chi connectivity index (χ1v) is 6.40. The summed E-state index contributed by atoms with van der Waals surface area (Å²) in [5.74, 6) is 1.16. The van der Waals surface area contributed by atoms with Gasteiger partial charge in [-0.25, -0.2) is 4.98 Å². The van der Waals surface area contributed by atoms with Crippen molar-refractivity contribution in [2.24, 2.45) is 7.05 Å². The lowest BCUT2D eigenvalue weighted by Gasteiger charge is -2.09. The van der Waals surface area contributed by atoms with Gasteiger partial charge in [0.2, 0.25) is 0 Å². The van der Waals surface area contributed by atoms with Crippen LogP contribution in [0.2, 0.25) is 0 Å². The molecule has 1 aliphatic rings. The van der Waals surface area contributed by atoms with E-state index in [1.807, 2.05) is 0 Å². The highest BCUT2D eigenvalue weighted by Gasteiger charge is 2.21. The van der Waals surface area contributed by atoms with Gasteiger partial charge in [0, 0.05) is 11.5 Å². The number of halogens is 1. The highest BCUT2D eigenvalue weighted by molar-refractivity contribution is 9.10. The van der Waals surface area contributed by atoms with E-state index in [4.69, 9.17) is 4.98 Å². The summed E-state index contributed by atoms with van der Waals surface area (Å²) in [6, 6.07) is 6.69. The highest BCUT2D eigenvalue weighted by atomic mass is 79.9. The summed E-state index contributed by atoms with van der Waals surface area (Å²) in [6.45, 7) is 1.11. The van der Waals surface area contributed by atoms with Gasteiger partial charge in [0.25, 0.3) is 0 Å². The summed E-state index contributed by atoms with van der Waals surface area (Å²) in [7, 11) is 2.10. The van der Waals surface area contributed by atoms with Gasteiger partial charge in [0.05, 0.1) is 17.1 Å². The topological polar surface area (TPSA) is 29.9 Å². The van der Waals surface area contributed by atoms with Crippen LogP contribution in [0.3, 0.4) is 0 Å². The molecule has 16 heavy (non-hydrogen) atoms. The molecule has 1 N–H and O–H groups in total. The number of rotatable bonds is 1. The maximum Gasteiger partial charge on any atom is 0.126 e. The van der Waals surface area contributed by atoms with Gasteiger partial charge in [0.1, 0.15) is 5.82 Å². The first kappa shape index (κ1) is 10.3. The molecule has 1 aromatic carbocycles. The minimum absolute atomic E-state index is 0.427. The van der Waals surface area contributed by atoms with E-state index in [2.05, 4.69) is 51.1 Å². The molecule has 0 aliphatic carbocycles. The Hall–Kier alpha value is -0.870. The van der Waals surface area contributed by atoms with Crippen molar-refractivity contribution < 1.29 is 0 Å². The average Bonchev–Trinajstić information content (AvgIpc) is 2.86. The predicted octanol–water partition coefficient (Wildman–Crippen LogP) is 2.76. The number of aromatic nitrogens is 2. The lowest BCUT2D eigenvalue weighted by atomic mass is 10.2. The van der Waals surface area contributed by atoms with Crippen LogP contribution in [-0.2, 0) is 7.05 Å². The molecular formula is C12H14BrN3. The second-order valence-corrected chi connectivity index (χ2v) is 5.23. The third-order valence-corrected chi connectivity index (χ3v) is 3.74. The summed E-state index contributed by atoms with van der Waals surface area (Å²) >= 11 is 3.48. The molecule has 1 aromatic heterocycles. The summed E-state index contributed by atoms with van der Waals surface area (Å²) in [4.78, 5) is 4.73. The van der Waals surface area contributed by atoms with Crippen LogP contribution >= 0.6 is 15.9 Å². The van der Waals surface area contributed by atoms with Crippen LogP contribution in [0.5, 0.6) is 0 Å². The molecule has 1 saturated heterocycles. The molecule has 0 bridgehead atoms. The normalized spacial score (nSPS) is 20.8. The molecule has 0 spiro atoms. The number of aryl methyl sites for hydroxylation is 1. The summed E-state index contributed by atoms with van der Waals surface area (Å²) < 4.78 is 3.29. The first-order valence-electron chi connectivity index (χ1n) is 5.61. The standard InChI is InChI=1S/C12H14BrN3/c1-16-11-5-4-8(13)7-10(11)15-12(16)9-3-2-6-14-9/h4-5,7,9,14H,2-3,6H2,1H3. The van der Waals surface area contributed by atoms with Gasteiger partial charge < -0.3 is 9.88 Å². The molecule has 3 nitrogen and oxygen atoms in total. The molecule has 0 amide bonds. The van der Waals surface area contributed by atoms with Crippen LogP contribution in [0.25, 0.3) is 11.0 Å². The Morgan fingerprint density at radius 2 is 2.38 bits per heavy atom. The van der Waals surface area contributed by atoms with Crippen LogP contribution in [0.1, 0.15) is 24.7 Å². The third kappa shape index (κ3) is 1.57. The lowest BCUT2D eigenvalue weighted by Crippen LogP contribution is -2.16. The van der Waals surface area contributed by atoms with Crippen LogP contribution < -0.4 is 5.32 Å². The fourth-order valence-electron chi connectivity index (χ4n) is 2.41. The molecule has 0 saturated carbocycles. The van der Waals surface area contributed by atoms with E-state index < -0.39 is 0 Å². The highest BCUT2D eigenvalue weighted by Crippen LogP contribution is 2.26. The van der Waals surface area contributed by atoms with Crippen LogP contribution in [0, 0.1) is 0 Å². The van der Waals surface area contributed by atoms with Gasteiger partial charge in [-0.3, -0.25) is 0 Å². The molecular weight excluding hydrogens is 266 g/mol. The van der Waals surface area contributed by atoms with E-state index in [1.54, 1.807) is 0 Å². The monoisotopic (exact) mass is 279 g/mol. The van der Waals surface area contributed by atoms with Crippen molar-refractivity contribution in [3.05, 3.63) is 28.5 Å². The van der Waals surface area contributed by atoms with Crippen molar-refractivity contribution in [2.45, 2.75) is 18.9 Å². The molecule has 1 atom stereocenters. The van der Waals surface area contributed by atoms with E-state index >= 15 is 0 Å². The fraction of sp³-hybridized carbons (Fsp3) is 0.417. The molecule has 4 heteroatoms. The van der Waals surface area contributed by atoms with Crippen molar-refractivity contribution in [2.75, 3.05) is 6.54 Å². The van der Waals surface area contributed by atoms with Crippen molar-refractivity contribution in [1.82, 2.24) is 14.9 Å². The van der Waals surface area contributed by atoms with Crippen LogP contribution in [0.15, 0.2) is 22.7 Å². The van der Waals surface area contributed by atoms with Crippen molar-refractivity contribution >= 4 is 27.0 Å². The minimum atomic E-state index is 0.427. The quantitative estimate of drug-likeness (QED) is 0.870. The van der Waals surface area contributed by atoms with Crippen LogP contribution in [-0.4, -0.2) is 16.1 Å². The van der Waals surface area contributed by atoms with E-state index in [0.717, 1.165) is 22.4 Å². The lowest BCUT2D eigenvalue weighted by molar-refractivity contribution is 0.584. The smallest absolute Gasteiger partial charge is 0.126 e. The second-order valence-electron chi connectivity index (χ2n) is 4.31. The summed E-state index contributed by atoms with van der Waals surface area (Å²) in [5, 5.41) is 3.49. The fourth-order valence-corrected chi connectivity index (χ4v) is 2.76. The second kappa shape index (κ2) is 3.86. The largest absolute Gasteiger partial charge is 0.330 e. The molecule has 84 valence electrons. The number of nitrogens with zero attached hydrogens (tertiary/aromatic N) is 2.